The molecule has 3 aliphatic rings. The maximum Gasteiger partial charge on any atom is 0.147 e. The van der Waals surface area contributed by atoms with Crippen LogP contribution in [0, 0.1) is 11.8 Å². The van der Waals surface area contributed by atoms with Crippen LogP contribution in [0.15, 0.2) is 0 Å². The van der Waals surface area contributed by atoms with Gasteiger partial charge >= 0.3 is 0 Å². The summed E-state index contributed by atoms with van der Waals surface area (Å²) in [6.45, 7) is 5.51. The van der Waals surface area contributed by atoms with Crippen molar-refractivity contribution in [3.63, 3.8) is 0 Å². The highest BCUT2D eigenvalue weighted by molar-refractivity contribution is 7.90. The minimum absolute atomic E-state index is 0.253. The highest BCUT2D eigenvalue weighted by Crippen LogP contribution is 2.45. The molecule has 20 heavy (non-hydrogen) atoms. The van der Waals surface area contributed by atoms with Gasteiger partial charge in [-0.2, -0.15) is 0 Å². The molecule has 5 heteroatoms. The van der Waals surface area contributed by atoms with Crippen molar-refractivity contribution < 1.29 is 8.42 Å². The lowest BCUT2D eigenvalue weighted by Gasteiger charge is -2.49. The molecule has 116 valence electrons. The predicted octanol–water partition coefficient (Wildman–Crippen LogP) is 1.27. The van der Waals surface area contributed by atoms with Crippen LogP contribution in [0.5, 0.6) is 0 Å². The van der Waals surface area contributed by atoms with Gasteiger partial charge < -0.3 is 5.32 Å². The number of hydrogen-bond donors (Lipinski definition) is 1. The molecule has 3 rings (SSSR count). The first kappa shape index (κ1) is 14.8. The molecule has 0 aromatic heterocycles. The Kier molecular flexibility index (Phi) is 3.89. The lowest BCUT2D eigenvalue weighted by molar-refractivity contribution is 0.0308. The average molecular weight is 300 g/mol. The van der Waals surface area contributed by atoms with Crippen molar-refractivity contribution in [2.24, 2.45) is 11.8 Å². The van der Waals surface area contributed by atoms with Crippen LogP contribution in [0.4, 0.5) is 0 Å². The Morgan fingerprint density at radius 2 is 1.95 bits per heavy atom. The summed E-state index contributed by atoms with van der Waals surface area (Å²) >= 11 is 0. The first-order valence-corrected chi connectivity index (χ1v) is 10.1. The summed E-state index contributed by atoms with van der Waals surface area (Å²) in [6.07, 6.45) is 7.55. The second-order valence-electron chi connectivity index (χ2n) is 7.39. The third-order valence-electron chi connectivity index (χ3n) is 5.45. The van der Waals surface area contributed by atoms with Gasteiger partial charge in [0, 0.05) is 30.9 Å². The molecule has 4 nitrogen and oxygen atoms in total. The van der Waals surface area contributed by atoms with E-state index in [1.807, 2.05) is 0 Å². The highest BCUT2D eigenvalue weighted by Gasteiger charge is 2.49. The molecule has 0 aromatic rings. The van der Waals surface area contributed by atoms with Gasteiger partial charge in [-0.05, 0) is 57.4 Å². The number of sulfone groups is 1. The van der Waals surface area contributed by atoms with Gasteiger partial charge in [0.05, 0.1) is 5.75 Å². The molecule has 0 aromatic carbocycles. The van der Waals surface area contributed by atoms with Crippen LogP contribution >= 0.6 is 0 Å². The Labute approximate surface area is 123 Å². The zero-order valence-electron chi connectivity index (χ0n) is 12.8. The molecule has 2 unspecified atom stereocenters. The molecule has 1 saturated heterocycles. The monoisotopic (exact) mass is 300 g/mol. The lowest BCUT2D eigenvalue weighted by atomic mass is 9.88. The summed E-state index contributed by atoms with van der Waals surface area (Å²) in [5.41, 5.74) is 0.253. The number of nitrogens with zero attached hydrogens (tertiary/aromatic N) is 1. The van der Waals surface area contributed by atoms with Gasteiger partial charge in [-0.25, -0.2) is 8.42 Å². The van der Waals surface area contributed by atoms with E-state index in [-0.39, 0.29) is 5.54 Å². The molecule has 2 atom stereocenters. The summed E-state index contributed by atoms with van der Waals surface area (Å²) in [7, 11) is -2.83. The van der Waals surface area contributed by atoms with Crippen LogP contribution in [0.25, 0.3) is 0 Å². The second-order valence-corrected chi connectivity index (χ2v) is 9.65. The Hall–Kier alpha value is -0.130. The van der Waals surface area contributed by atoms with Crippen LogP contribution in [0.1, 0.15) is 39.0 Å². The number of rotatable bonds is 6. The summed E-state index contributed by atoms with van der Waals surface area (Å²) < 4.78 is 22.7. The molecule has 1 N–H and O–H groups in total. The van der Waals surface area contributed by atoms with E-state index in [0.717, 1.165) is 37.9 Å². The molecule has 0 spiro atoms. The summed E-state index contributed by atoms with van der Waals surface area (Å²) in [5, 5.41) is 3.77. The van der Waals surface area contributed by atoms with Crippen molar-refractivity contribution in [1.82, 2.24) is 10.2 Å². The minimum Gasteiger partial charge on any atom is -0.311 e. The largest absolute Gasteiger partial charge is 0.311 e. The van der Waals surface area contributed by atoms with Gasteiger partial charge in [-0.1, -0.05) is 0 Å². The van der Waals surface area contributed by atoms with E-state index in [1.54, 1.807) is 0 Å². The van der Waals surface area contributed by atoms with Gasteiger partial charge in [-0.15, -0.1) is 0 Å². The summed E-state index contributed by atoms with van der Waals surface area (Å²) in [5.74, 6) is 2.01. The molecule has 0 amide bonds. The molecular formula is C15H28N2O2S. The van der Waals surface area contributed by atoms with Gasteiger partial charge in [0.1, 0.15) is 9.84 Å². The van der Waals surface area contributed by atoms with E-state index in [2.05, 4.69) is 17.1 Å². The maximum atomic E-state index is 11.3. The molecule has 3 fully saturated rings. The van der Waals surface area contributed by atoms with Crippen LogP contribution in [0.3, 0.4) is 0 Å². The standard InChI is InChI=1S/C15H28N2O2S/c1-15(13-6-7-13)11-16-14(12-4-5-12)10-17(15)8-3-9-20(2,18)19/h12-14,16H,3-11H2,1-2H3. The van der Waals surface area contributed by atoms with E-state index in [1.165, 1.54) is 31.9 Å². The maximum absolute atomic E-state index is 11.3. The van der Waals surface area contributed by atoms with E-state index in [9.17, 15) is 8.42 Å². The number of piperazine rings is 1. The fraction of sp³-hybridized carbons (Fsp3) is 1.00. The summed E-state index contributed by atoms with van der Waals surface area (Å²) in [4.78, 5) is 2.61. The van der Waals surface area contributed by atoms with Crippen molar-refractivity contribution in [2.75, 3.05) is 31.6 Å². The Balaban J connectivity index is 1.61. The minimum atomic E-state index is -2.83. The third-order valence-corrected chi connectivity index (χ3v) is 6.48. The molecule has 0 bridgehead atoms. The fourth-order valence-electron chi connectivity index (χ4n) is 3.75. The van der Waals surface area contributed by atoms with Crippen molar-refractivity contribution in [1.29, 1.82) is 0 Å². The predicted molar refractivity (Wildman–Crippen MR) is 81.5 cm³/mol. The van der Waals surface area contributed by atoms with Crippen LogP contribution in [-0.2, 0) is 9.84 Å². The van der Waals surface area contributed by atoms with Gasteiger partial charge in [-0.3, -0.25) is 4.90 Å². The molecule has 2 aliphatic carbocycles. The Morgan fingerprint density at radius 3 is 2.50 bits per heavy atom. The van der Waals surface area contributed by atoms with Crippen LogP contribution in [-0.4, -0.2) is 56.5 Å². The molecule has 2 saturated carbocycles. The van der Waals surface area contributed by atoms with Gasteiger partial charge in [0.25, 0.3) is 0 Å². The molecule has 1 aliphatic heterocycles. The molecular weight excluding hydrogens is 272 g/mol. The normalized spacial score (nSPS) is 36.2. The van der Waals surface area contributed by atoms with Crippen molar-refractivity contribution in [3.8, 4) is 0 Å². The van der Waals surface area contributed by atoms with Gasteiger partial charge in [0.15, 0.2) is 0 Å². The first-order valence-electron chi connectivity index (χ1n) is 8.05. The zero-order valence-corrected chi connectivity index (χ0v) is 13.6. The highest BCUT2D eigenvalue weighted by atomic mass is 32.2. The van der Waals surface area contributed by atoms with Crippen molar-refractivity contribution in [3.05, 3.63) is 0 Å². The van der Waals surface area contributed by atoms with Crippen molar-refractivity contribution in [2.45, 2.75) is 50.6 Å². The van der Waals surface area contributed by atoms with E-state index in [0.29, 0.717) is 11.8 Å². The first-order chi connectivity index (χ1) is 9.38. The second kappa shape index (κ2) is 5.25. The zero-order chi connectivity index (χ0) is 14.4. The van der Waals surface area contributed by atoms with E-state index >= 15 is 0 Å². The van der Waals surface area contributed by atoms with Crippen LogP contribution < -0.4 is 5.32 Å². The Bertz CT molecular complexity index is 456. The molecule has 0 radical (unpaired) electrons. The third kappa shape index (κ3) is 3.37. The SMILES string of the molecule is CC1(C2CC2)CNC(C2CC2)CN1CCCS(C)(=O)=O. The smallest absolute Gasteiger partial charge is 0.147 e. The molecule has 1 heterocycles. The number of nitrogens with one attached hydrogen (secondary N) is 1. The van der Waals surface area contributed by atoms with E-state index in [4.69, 9.17) is 0 Å². The average Bonchev–Trinajstić information content (AvgIpc) is 3.22. The van der Waals surface area contributed by atoms with Gasteiger partial charge in [0.2, 0.25) is 0 Å². The van der Waals surface area contributed by atoms with Crippen molar-refractivity contribution >= 4 is 9.84 Å². The number of hydrogen-bond acceptors (Lipinski definition) is 4. The summed E-state index contributed by atoms with van der Waals surface area (Å²) in [6, 6.07) is 0.639. The lowest BCUT2D eigenvalue weighted by Crippen LogP contribution is -2.65. The fourth-order valence-corrected chi connectivity index (χ4v) is 4.40. The van der Waals surface area contributed by atoms with Crippen LogP contribution in [0.2, 0.25) is 0 Å². The quantitative estimate of drug-likeness (QED) is 0.803. The Morgan fingerprint density at radius 1 is 1.25 bits per heavy atom. The van der Waals surface area contributed by atoms with E-state index < -0.39 is 9.84 Å². The topological polar surface area (TPSA) is 49.4 Å².